The number of nitrogens with one attached hydrogen (secondary N) is 1. The highest BCUT2D eigenvalue weighted by Crippen LogP contribution is 2.36. The molecule has 1 amide bonds. The Morgan fingerprint density at radius 2 is 1.90 bits per heavy atom. The van der Waals surface area contributed by atoms with E-state index in [0.29, 0.717) is 22.5 Å². The average Bonchev–Trinajstić information content (AvgIpc) is 3.10. The van der Waals surface area contributed by atoms with Gasteiger partial charge >= 0.3 is 6.18 Å². The first kappa shape index (κ1) is 22.6. The lowest BCUT2D eigenvalue weighted by Gasteiger charge is -2.14. The lowest BCUT2D eigenvalue weighted by Crippen LogP contribution is -2.18. The minimum absolute atomic E-state index is 0.119. The Morgan fingerprint density at radius 1 is 1.20 bits per heavy atom. The average molecular weight is 520 g/mol. The number of carbonyl (C=O) groups excluding carboxylic acids is 1. The lowest BCUT2D eigenvalue weighted by atomic mass is 10.1. The van der Waals surface area contributed by atoms with E-state index in [9.17, 15) is 18.0 Å². The molecule has 1 heterocycles. The van der Waals surface area contributed by atoms with E-state index < -0.39 is 17.6 Å². The highest BCUT2D eigenvalue weighted by Gasteiger charge is 2.34. The van der Waals surface area contributed by atoms with E-state index in [1.54, 1.807) is 12.1 Å². The first-order valence-corrected chi connectivity index (χ1v) is 10.8. The Kier molecular flexibility index (Phi) is 7.10. The number of halogens is 5. The molecule has 1 aromatic heterocycles. The number of hydrogen-bond donors (Lipinski definition) is 1. The van der Waals surface area contributed by atoms with Crippen molar-refractivity contribution in [1.82, 2.24) is 14.8 Å². The minimum Gasteiger partial charge on any atom is -0.325 e. The van der Waals surface area contributed by atoms with Crippen LogP contribution < -0.4 is 5.32 Å². The van der Waals surface area contributed by atoms with Crippen molar-refractivity contribution in [2.24, 2.45) is 0 Å². The van der Waals surface area contributed by atoms with Gasteiger partial charge in [-0.1, -0.05) is 39.3 Å². The predicted octanol–water partition coefficient (Wildman–Crippen LogP) is 6.13. The van der Waals surface area contributed by atoms with Gasteiger partial charge in [-0.05, 0) is 49.4 Å². The third kappa shape index (κ3) is 5.35. The maximum Gasteiger partial charge on any atom is 0.418 e. The molecule has 0 unspecified atom stereocenters. The van der Waals surface area contributed by atoms with E-state index >= 15 is 0 Å². The number of hydrogen-bond acceptors (Lipinski definition) is 4. The number of benzene rings is 2. The van der Waals surface area contributed by atoms with Crippen LogP contribution in [-0.2, 0) is 17.5 Å². The van der Waals surface area contributed by atoms with Gasteiger partial charge in [0.2, 0.25) is 5.91 Å². The summed E-state index contributed by atoms with van der Waals surface area (Å²) in [5.41, 5.74) is -0.401. The zero-order chi connectivity index (χ0) is 21.9. The Morgan fingerprint density at radius 3 is 2.53 bits per heavy atom. The van der Waals surface area contributed by atoms with Gasteiger partial charge in [0.1, 0.15) is 0 Å². The fourth-order valence-electron chi connectivity index (χ4n) is 2.67. The molecule has 11 heteroatoms. The van der Waals surface area contributed by atoms with Crippen LogP contribution in [0.25, 0.3) is 11.4 Å². The van der Waals surface area contributed by atoms with Gasteiger partial charge in [0, 0.05) is 21.6 Å². The molecule has 3 aromatic rings. The van der Waals surface area contributed by atoms with Gasteiger partial charge in [0.05, 0.1) is 17.0 Å². The van der Waals surface area contributed by atoms with E-state index in [-0.39, 0.29) is 15.9 Å². The van der Waals surface area contributed by atoms with Gasteiger partial charge in [-0.2, -0.15) is 13.2 Å². The van der Waals surface area contributed by atoms with E-state index in [1.807, 2.05) is 23.6 Å². The van der Waals surface area contributed by atoms with Crippen LogP contribution in [0.1, 0.15) is 12.5 Å². The number of amides is 1. The summed E-state index contributed by atoms with van der Waals surface area (Å²) in [5.74, 6) is -0.0811. The molecule has 0 bridgehead atoms. The number of carbonyl (C=O) groups is 1. The van der Waals surface area contributed by atoms with Gasteiger partial charge < -0.3 is 9.88 Å². The molecule has 30 heavy (non-hydrogen) atoms. The number of alkyl halides is 3. The SMILES string of the molecule is CCn1c(SCC(=O)Nc2ccc(Br)cc2C(F)(F)F)nnc1-c1ccc(Cl)cc1. The molecule has 0 aliphatic rings. The van der Waals surface area contributed by atoms with Crippen molar-refractivity contribution in [2.75, 3.05) is 11.1 Å². The molecular weight excluding hydrogens is 505 g/mol. The molecule has 0 aliphatic heterocycles. The van der Waals surface area contributed by atoms with Crippen LogP contribution in [0.5, 0.6) is 0 Å². The fraction of sp³-hybridized carbons (Fsp3) is 0.211. The fourth-order valence-corrected chi connectivity index (χ4v) is 3.96. The Hall–Kier alpha value is -2.04. The van der Waals surface area contributed by atoms with E-state index in [4.69, 9.17) is 11.6 Å². The lowest BCUT2D eigenvalue weighted by molar-refractivity contribution is -0.137. The van der Waals surface area contributed by atoms with Crippen LogP contribution in [0.3, 0.4) is 0 Å². The predicted molar refractivity (Wildman–Crippen MR) is 115 cm³/mol. The molecule has 0 saturated carbocycles. The summed E-state index contributed by atoms with van der Waals surface area (Å²) in [4.78, 5) is 12.3. The summed E-state index contributed by atoms with van der Waals surface area (Å²) in [6.45, 7) is 2.46. The second kappa shape index (κ2) is 9.40. The van der Waals surface area contributed by atoms with Crippen molar-refractivity contribution in [3.05, 3.63) is 57.5 Å². The topological polar surface area (TPSA) is 59.8 Å². The van der Waals surface area contributed by atoms with Crippen LogP contribution in [0, 0.1) is 0 Å². The largest absolute Gasteiger partial charge is 0.418 e. The van der Waals surface area contributed by atoms with Crippen LogP contribution in [0.4, 0.5) is 18.9 Å². The Bertz CT molecular complexity index is 1060. The summed E-state index contributed by atoms with van der Waals surface area (Å²) < 4.78 is 41.7. The molecule has 0 spiro atoms. The molecule has 3 rings (SSSR count). The molecule has 0 atom stereocenters. The number of aromatic nitrogens is 3. The zero-order valence-electron chi connectivity index (χ0n) is 15.5. The molecule has 0 fully saturated rings. The highest BCUT2D eigenvalue weighted by molar-refractivity contribution is 9.10. The third-order valence-corrected chi connectivity index (χ3v) is 5.74. The monoisotopic (exact) mass is 518 g/mol. The van der Waals surface area contributed by atoms with Crippen LogP contribution in [0.2, 0.25) is 5.02 Å². The van der Waals surface area contributed by atoms with E-state index in [0.717, 1.165) is 23.4 Å². The summed E-state index contributed by atoms with van der Waals surface area (Å²) in [5, 5.41) is 11.7. The van der Waals surface area contributed by atoms with E-state index in [2.05, 4.69) is 31.4 Å². The van der Waals surface area contributed by atoms with Gasteiger partial charge in [0.25, 0.3) is 0 Å². The van der Waals surface area contributed by atoms with Crippen molar-refractivity contribution >= 4 is 50.9 Å². The van der Waals surface area contributed by atoms with Crippen molar-refractivity contribution in [3.8, 4) is 11.4 Å². The van der Waals surface area contributed by atoms with Gasteiger partial charge in [-0.3, -0.25) is 4.79 Å². The molecular formula is C19H15BrClF3N4OS. The molecule has 158 valence electrons. The molecule has 0 aliphatic carbocycles. The van der Waals surface area contributed by atoms with Gasteiger partial charge in [-0.25, -0.2) is 0 Å². The molecule has 1 N–H and O–H groups in total. The zero-order valence-corrected chi connectivity index (χ0v) is 18.7. The number of anilines is 1. The standard InChI is InChI=1S/C19H15BrClF3N4OS/c1-2-28-17(11-3-6-13(21)7-4-11)26-27-18(28)30-10-16(29)25-15-8-5-12(20)9-14(15)19(22,23)24/h3-9H,2,10H2,1H3,(H,25,29). The van der Waals surface area contributed by atoms with Crippen molar-refractivity contribution in [2.45, 2.75) is 24.8 Å². The summed E-state index contributed by atoms with van der Waals surface area (Å²) in [6, 6.07) is 10.7. The normalized spacial score (nSPS) is 11.5. The summed E-state index contributed by atoms with van der Waals surface area (Å²) in [6.07, 6.45) is -4.59. The quantitative estimate of drug-likeness (QED) is 0.398. The summed E-state index contributed by atoms with van der Waals surface area (Å²) in [7, 11) is 0. The smallest absolute Gasteiger partial charge is 0.325 e. The van der Waals surface area contributed by atoms with Crippen molar-refractivity contribution in [3.63, 3.8) is 0 Å². The van der Waals surface area contributed by atoms with Crippen molar-refractivity contribution in [1.29, 1.82) is 0 Å². The Balaban J connectivity index is 1.72. The number of rotatable bonds is 6. The van der Waals surface area contributed by atoms with Crippen molar-refractivity contribution < 1.29 is 18.0 Å². The second-order valence-electron chi connectivity index (χ2n) is 6.08. The van der Waals surface area contributed by atoms with Crippen LogP contribution in [-0.4, -0.2) is 26.4 Å². The molecule has 5 nitrogen and oxygen atoms in total. The van der Waals surface area contributed by atoms with Crippen LogP contribution >= 0.6 is 39.3 Å². The second-order valence-corrected chi connectivity index (χ2v) is 8.38. The maximum absolute atomic E-state index is 13.2. The number of nitrogens with zero attached hydrogens (tertiary/aromatic N) is 3. The highest BCUT2D eigenvalue weighted by atomic mass is 79.9. The minimum atomic E-state index is -4.59. The Labute approximate surface area is 188 Å². The van der Waals surface area contributed by atoms with E-state index in [1.165, 1.54) is 12.1 Å². The first-order chi connectivity index (χ1) is 14.2. The van der Waals surface area contributed by atoms with Gasteiger partial charge in [-0.15, -0.1) is 10.2 Å². The third-order valence-electron chi connectivity index (χ3n) is 4.03. The maximum atomic E-state index is 13.2. The van der Waals surface area contributed by atoms with Gasteiger partial charge in [0.15, 0.2) is 11.0 Å². The molecule has 2 aromatic carbocycles. The summed E-state index contributed by atoms with van der Waals surface area (Å²) >= 11 is 10.0. The number of thioether (sulfide) groups is 1. The molecule has 0 saturated heterocycles. The van der Waals surface area contributed by atoms with Crippen LogP contribution in [0.15, 0.2) is 52.1 Å². The first-order valence-electron chi connectivity index (χ1n) is 8.67. The molecule has 0 radical (unpaired) electrons.